The van der Waals surface area contributed by atoms with Crippen molar-refractivity contribution < 1.29 is 63.2 Å². The molecule has 2 aliphatic carbocycles. The summed E-state index contributed by atoms with van der Waals surface area (Å²) in [6.07, 6.45) is 15.6. The molecular weight excluding hydrogens is 998 g/mol. The molecule has 5 heterocycles. The SMILES string of the molecule is CC1(C)OB(B2OC(C)(C)C(C)(C)O2)OC1(C)C.CC1(C)OB(C2=CCC(c3cnn(COCC[Si](C)(C)C)c3)CC2)OC1(C)C.C[Si](C)(C)CCOCn1cc(C2CC=C(OS(=O)(=O)C(F)(F)F)CC2)cn1. The van der Waals surface area contributed by atoms with Gasteiger partial charge in [-0.05, 0) is 162 Å². The lowest BCUT2D eigenvalue weighted by Crippen LogP contribution is -2.41. The van der Waals surface area contributed by atoms with Gasteiger partial charge in [0.15, 0.2) is 0 Å². The summed E-state index contributed by atoms with van der Waals surface area (Å²) in [6.45, 7) is 41.0. The second kappa shape index (κ2) is 23.0. The molecular formula is C49H86B3F3N4O11SSi2. The third-order valence-electron chi connectivity index (χ3n) is 15.3. The first-order valence-electron chi connectivity index (χ1n) is 25.9. The van der Waals surface area contributed by atoms with Crippen molar-refractivity contribution in [1.82, 2.24) is 19.6 Å². The Bertz CT molecular complexity index is 2250. The van der Waals surface area contributed by atoms with E-state index in [1.54, 1.807) is 10.9 Å². The van der Waals surface area contributed by atoms with Crippen LogP contribution in [0.4, 0.5) is 13.2 Å². The second-order valence-electron chi connectivity index (χ2n) is 25.5. The molecule has 5 aliphatic rings. The molecule has 24 heteroatoms. The van der Waals surface area contributed by atoms with Gasteiger partial charge in [-0.2, -0.15) is 31.8 Å². The highest BCUT2D eigenvalue weighted by Gasteiger charge is 2.64. The van der Waals surface area contributed by atoms with Gasteiger partial charge in [0.2, 0.25) is 0 Å². The number of aromatic nitrogens is 4. The molecule has 7 rings (SSSR count). The van der Waals surface area contributed by atoms with Crippen molar-refractivity contribution in [1.29, 1.82) is 0 Å². The van der Waals surface area contributed by atoms with Crippen LogP contribution in [0.5, 0.6) is 0 Å². The summed E-state index contributed by atoms with van der Waals surface area (Å²) in [6, 6.07) is 2.26. The Kier molecular flexibility index (Phi) is 19.4. The summed E-state index contributed by atoms with van der Waals surface area (Å²) >= 11 is 0. The van der Waals surface area contributed by atoms with Gasteiger partial charge in [0.1, 0.15) is 19.2 Å². The molecule has 2 atom stereocenters. The molecule has 0 bridgehead atoms. The molecule has 0 N–H and O–H groups in total. The molecule has 0 spiro atoms. The minimum absolute atomic E-state index is 0.0571. The Morgan fingerprint density at radius 3 is 1.32 bits per heavy atom. The van der Waals surface area contributed by atoms with Crippen molar-refractivity contribution in [2.75, 3.05) is 13.2 Å². The van der Waals surface area contributed by atoms with Gasteiger partial charge in [0.25, 0.3) is 0 Å². The fraction of sp³-hybridized carbons (Fsp3) is 0.796. The van der Waals surface area contributed by atoms with Crippen LogP contribution in [-0.4, -0.2) is 118 Å². The molecule has 3 fully saturated rings. The van der Waals surface area contributed by atoms with Crippen molar-refractivity contribution in [3.8, 4) is 0 Å². The Morgan fingerprint density at radius 2 is 0.986 bits per heavy atom. The zero-order valence-corrected chi connectivity index (χ0v) is 50.0. The van der Waals surface area contributed by atoms with E-state index in [1.807, 2.05) is 72.5 Å². The molecule has 3 aliphatic heterocycles. The molecule has 73 heavy (non-hydrogen) atoms. The quantitative estimate of drug-likeness (QED) is 0.0679. The monoisotopic (exact) mass is 1080 g/mol. The van der Waals surface area contributed by atoms with E-state index in [9.17, 15) is 21.6 Å². The van der Waals surface area contributed by atoms with Crippen LogP contribution in [-0.2, 0) is 65.2 Å². The largest absolute Gasteiger partial charge is 0.534 e. The highest BCUT2D eigenvalue weighted by molar-refractivity contribution is 7.87. The second-order valence-corrected chi connectivity index (χ2v) is 38.3. The van der Waals surface area contributed by atoms with Crippen molar-refractivity contribution in [3.05, 3.63) is 59.3 Å². The van der Waals surface area contributed by atoms with Crippen LogP contribution in [0.15, 0.2) is 48.2 Å². The Labute approximate surface area is 438 Å². The molecule has 0 aromatic carbocycles. The van der Waals surface area contributed by atoms with Gasteiger partial charge >= 0.3 is 36.8 Å². The fourth-order valence-electron chi connectivity index (χ4n) is 8.14. The maximum atomic E-state index is 12.4. The summed E-state index contributed by atoms with van der Waals surface area (Å²) in [5.41, 5.74) is -3.86. The number of ether oxygens (including phenoxy) is 2. The number of halogens is 3. The molecule has 3 saturated heterocycles. The highest BCUT2D eigenvalue weighted by atomic mass is 32.2. The van der Waals surface area contributed by atoms with Gasteiger partial charge in [0.05, 0.1) is 46.0 Å². The van der Waals surface area contributed by atoms with E-state index in [2.05, 4.69) is 93.6 Å². The van der Waals surface area contributed by atoms with Crippen LogP contribution in [0.2, 0.25) is 51.4 Å². The molecule has 2 aromatic heterocycles. The number of rotatable bonds is 16. The van der Waals surface area contributed by atoms with E-state index in [-0.39, 0.29) is 58.8 Å². The van der Waals surface area contributed by atoms with Crippen molar-refractivity contribution >= 4 is 47.4 Å². The van der Waals surface area contributed by atoms with E-state index in [0.29, 0.717) is 38.8 Å². The first kappa shape index (κ1) is 61.6. The molecule has 0 radical (unpaired) electrons. The van der Waals surface area contributed by atoms with Gasteiger partial charge < -0.3 is 41.6 Å². The summed E-state index contributed by atoms with van der Waals surface area (Å²) in [5, 5.41) is 8.74. The fourth-order valence-corrected chi connectivity index (χ4v) is 10.2. The number of hydrogen-bond acceptors (Lipinski definition) is 13. The predicted octanol–water partition coefficient (Wildman–Crippen LogP) is 11.5. The average molecular weight is 1080 g/mol. The van der Waals surface area contributed by atoms with Crippen LogP contribution in [0.3, 0.4) is 0 Å². The van der Waals surface area contributed by atoms with Crippen LogP contribution >= 0.6 is 0 Å². The Hall–Kier alpha value is -2.25. The van der Waals surface area contributed by atoms with E-state index in [0.717, 1.165) is 37.5 Å². The molecule has 0 saturated carbocycles. The van der Waals surface area contributed by atoms with E-state index in [1.165, 1.54) is 23.2 Å². The van der Waals surface area contributed by atoms with Crippen LogP contribution in [0.1, 0.15) is 145 Å². The summed E-state index contributed by atoms with van der Waals surface area (Å²) in [4.78, 5) is 0. The van der Waals surface area contributed by atoms with Gasteiger partial charge in [-0.3, -0.25) is 0 Å². The number of nitrogens with zero attached hydrogens (tertiary/aromatic N) is 4. The van der Waals surface area contributed by atoms with E-state index >= 15 is 0 Å². The minimum atomic E-state index is -5.60. The zero-order chi connectivity index (χ0) is 54.9. The smallest absolute Gasteiger partial charge is 0.405 e. The third kappa shape index (κ3) is 16.6. The van der Waals surface area contributed by atoms with E-state index < -0.39 is 45.8 Å². The zero-order valence-electron chi connectivity index (χ0n) is 47.2. The molecule has 2 aromatic rings. The maximum absolute atomic E-state index is 12.4. The Balaban J connectivity index is 0.000000208. The van der Waals surface area contributed by atoms with Gasteiger partial charge in [0, 0.05) is 48.2 Å². The lowest BCUT2D eigenvalue weighted by atomic mass is 9.49. The number of hydrogen-bond donors (Lipinski definition) is 0. The Morgan fingerprint density at radius 1 is 0.616 bits per heavy atom. The summed E-state index contributed by atoms with van der Waals surface area (Å²) in [5.74, 6) is 0.411. The summed E-state index contributed by atoms with van der Waals surface area (Å²) < 4.78 is 115. The number of allylic oxidation sites excluding steroid dienone is 4. The van der Waals surface area contributed by atoms with Crippen LogP contribution < -0.4 is 0 Å². The lowest BCUT2D eigenvalue weighted by Gasteiger charge is -2.32. The molecule has 2 unspecified atom stereocenters. The molecule has 15 nitrogen and oxygen atoms in total. The van der Waals surface area contributed by atoms with Gasteiger partial charge in [-0.1, -0.05) is 45.4 Å². The van der Waals surface area contributed by atoms with E-state index in [4.69, 9.17) is 37.4 Å². The standard InChI is InChI=1S/C21H37BN2O3Si.C16H25F3N2O4SSi.C12H24B2O4/c1-20(2)21(3,4)27-22(26-20)19-10-8-17(9-11-19)18-14-23-24(15-18)16-25-12-13-28(5,6)7;1-27(2,3)9-8-24-12-21-11-14(10-20-21)13-4-6-15(7-5-13)25-26(22,23)16(17,18)19;1-9(2)10(3,4)16-13(15-9)14-17-11(5,6)12(7,8)18-14/h10,14-15,17H,8-9,11-13,16H2,1-7H3;6,10-11,13H,4-5,7-9,12H2,1-3H3;1-8H3. The summed E-state index contributed by atoms with van der Waals surface area (Å²) in [7, 11) is -8.92. The highest BCUT2D eigenvalue weighted by Crippen LogP contribution is 2.44. The third-order valence-corrected chi connectivity index (χ3v) is 19.7. The molecule has 0 amide bonds. The number of alkyl halides is 3. The topological polar surface area (TPSA) is 153 Å². The van der Waals surface area contributed by atoms with Crippen LogP contribution in [0, 0.1) is 0 Å². The predicted molar refractivity (Wildman–Crippen MR) is 286 cm³/mol. The first-order chi connectivity index (χ1) is 33.2. The van der Waals surface area contributed by atoms with Gasteiger partial charge in [-0.25, -0.2) is 9.36 Å². The molecule has 412 valence electrons. The lowest BCUT2D eigenvalue weighted by molar-refractivity contribution is -0.0524. The first-order valence-corrected chi connectivity index (χ1v) is 34.7. The minimum Gasteiger partial charge on any atom is -0.405 e. The van der Waals surface area contributed by atoms with Gasteiger partial charge in [-0.15, -0.1) is 0 Å². The van der Waals surface area contributed by atoms with Crippen molar-refractivity contribution in [2.24, 2.45) is 0 Å². The van der Waals surface area contributed by atoms with Crippen molar-refractivity contribution in [3.63, 3.8) is 0 Å². The normalized spacial score (nSPS) is 24.3. The van der Waals surface area contributed by atoms with Crippen molar-refractivity contribution in [2.45, 2.75) is 237 Å². The van der Waals surface area contributed by atoms with Crippen LogP contribution in [0.25, 0.3) is 0 Å². The average Bonchev–Trinajstić information content (AvgIpc) is 4.04. The maximum Gasteiger partial charge on any atom is 0.534 e.